The summed E-state index contributed by atoms with van der Waals surface area (Å²) in [5.41, 5.74) is 0.726. The van der Waals surface area contributed by atoms with Crippen LogP contribution in [0.5, 0.6) is 0 Å². The lowest BCUT2D eigenvalue weighted by Crippen LogP contribution is -1.87. The molecule has 4 heteroatoms. The fourth-order valence-corrected chi connectivity index (χ4v) is 2.42. The standard InChI is InChI=1S/C8H6Cl4/c1-4(9)8-6(11)2-5(10)3-7(8)12/h2-4H,1H3. The highest BCUT2D eigenvalue weighted by molar-refractivity contribution is 6.40. The van der Waals surface area contributed by atoms with E-state index in [2.05, 4.69) is 0 Å². The van der Waals surface area contributed by atoms with Gasteiger partial charge < -0.3 is 0 Å². The largest absolute Gasteiger partial charge is 0.118 e. The summed E-state index contributed by atoms with van der Waals surface area (Å²) in [7, 11) is 0. The van der Waals surface area contributed by atoms with Gasteiger partial charge in [0.25, 0.3) is 0 Å². The van der Waals surface area contributed by atoms with Gasteiger partial charge in [-0.15, -0.1) is 11.6 Å². The van der Waals surface area contributed by atoms with E-state index >= 15 is 0 Å². The van der Waals surface area contributed by atoms with Crippen molar-refractivity contribution in [1.82, 2.24) is 0 Å². The molecule has 0 fully saturated rings. The van der Waals surface area contributed by atoms with Gasteiger partial charge in [-0.05, 0) is 19.1 Å². The van der Waals surface area contributed by atoms with Crippen LogP contribution in [0.2, 0.25) is 15.1 Å². The Balaban J connectivity index is 3.28. The van der Waals surface area contributed by atoms with Crippen molar-refractivity contribution in [2.45, 2.75) is 12.3 Å². The van der Waals surface area contributed by atoms with Crippen LogP contribution >= 0.6 is 46.4 Å². The van der Waals surface area contributed by atoms with Gasteiger partial charge in [-0.25, -0.2) is 0 Å². The number of hydrogen-bond donors (Lipinski definition) is 0. The molecule has 0 saturated heterocycles. The minimum atomic E-state index is -0.206. The quantitative estimate of drug-likeness (QED) is 0.613. The Kier molecular flexibility index (Phi) is 3.54. The summed E-state index contributed by atoms with van der Waals surface area (Å²) >= 11 is 23.3. The number of hydrogen-bond acceptors (Lipinski definition) is 0. The van der Waals surface area contributed by atoms with Gasteiger partial charge in [-0.2, -0.15) is 0 Å². The molecule has 1 rings (SSSR count). The van der Waals surface area contributed by atoms with Crippen LogP contribution in [0.4, 0.5) is 0 Å². The van der Waals surface area contributed by atoms with Gasteiger partial charge in [0, 0.05) is 20.6 Å². The monoisotopic (exact) mass is 242 g/mol. The van der Waals surface area contributed by atoms with E-state index in [0.29, 0.717) is 15.1 Å². The summed E-state index contributed by atoms with van der Waals surface area (Å²) in [6.07, 6.45) is 0. The van der Waals surface area contributed by atoms with Crippen LogP contribution in [0.1, 0.15) is 17.9 Å². The van der Waals surface area contributed by atoms with Crippen molar-refractivity contribution >= 4 is 46.4 Å². The van der Waals surface area contributed by atoms with Crippen molar-refractivity contribution in [3.63, 3.8) is 0 Å². The molecule has 1 unspecified atom stereocenters. The molecule has 0 bridgehead atoms. The zero-order valence-electron chi connectivity index (χ0n) is 6.24. The number of halogens is 4. The van der Waals surface area contributed by atoms with Crippen molar-refractivity contribution in [1.29, 1.82) is 0 Å². The van der Waals surface area contributed by atoms with Crippen LogP contribution in [-0.2, 0) is 0 Å². The van der Waals surface area contributed by atoms with Crippen molar-refractivity contribution in [2.24, 2.45) is 0 Å². The van der Waals surface area contributed by atoms with Crippen LogP contribution in [0.15, 0.2) is 12.1 Å². The molecule has 0 spiro atoms. The van der Waals surface area contributed by atoms with E-state index < -0.39 is 0 Å². The zero-order chi connectivity index (χ0) is 9.30. The molecule has 0 amide bonds. The molecule has 1 atom stereocenters. The van der Waals surface area contributed by atoms with Gasteiger partial charge in [-0.1, -0.05) is 34.8 Å². The Morgan fingerprint density at radius 2 is 1.50 bits per heavy atom. The SMILES string of the molecule is CC(Cl)c1c(Cl)cc(Cl)cc1Cl. The maximum atomic E-state index is 5.88. The number of benzene rings is 1. The molecule has 0 aliphatic heterocycles. The summed E-state index contributed by atoms with van der Waals surface area (Å²) in [5, 5.41) is 1.33. The molecule has 0 nitrogen and oxygen atoms in total. The molecule has 0 radical (unpaired) electrons. The molecule has 0 N–H and O–H groups in total. The van der Waals surface area contributed by atoms with Crippen molar-refractivity contribution < 1.29 is 0 Å². The Hall–Kier alpha value is 0.380. The first kappa shape index (κ1) is 10.5. The fourth-order valence-electron chi connectivity index (χ4n) is 0.933. The Bertz CT molecular complexity index is 270. The molecule has 0 aliphatic carbocycles. The second-order valence-electron chi connectivity index (χ2n) is 2.40. The van der Waals surface area contributed by atoms with E-state index in [1.54, 1.807) is 12.1 Å². The molecule has 0 aromatic heterocycles. The van der Waals surface area contributed by atoms with Gasteiger partial charge in [0.05, 0.1) is 5.38 Å². The highest BCUT2D eigenvalue weighted by Gasteiger charge is 2.11. The molecule has 0 aliphatic rings. The fraction of sp³-hybridized carbons (Fsp3) is 0.250. The van der Waals surface area contributed by atoms with Crippen LogP contribution in [0, 0.1) is 0 Å². The summed E-state index contributed by atoms with van der Waals surface area (Å²) in [5.74, 6) is 0. The third kappa shape index (κ3) is 2.20. The Labute approximate surface area is 91.4 Å². The summed E-state index contributed by atoms with van der Waals surface area (Å²) in [4.78, 5) is 0. The van der Waals surface area contributed by atoms with E-state index in [1.165, 1.54) is 0 Å². The van der Waals surface area contributed by atoms with E-state index in [1.807, 2.05) is 6.92 Å². The second-order valence-corrected chi connectivity index (χ2v) is 4.30. The van der Waals surface area contributed by atoms with E-state index in [-0.39, 0.29) is 5.38 Å². The third-order valence-electron chi connectivity index (χ3n) is 1.44. The second kappa shape index (κ2) is 4.06. The maximum absolute atomic E-state index is 5.88. The topological polar surface area (TPSA) is 0 Å². The summed E-state index contributed by atoms with van der Waals surface area (Å²) in [6, 6.07) is 3.26. The first-order valence-corrected chi connectivity index (χ1v) is 4.88. The van der Waals surface area contributed by atoms with E-state index in [9.17, 15) is 0 Å². The molecule has 1 aromatic rings. The predicted octanol–water partition coefficient (Wildman–Crippen LogP) is 4.95. The number of rotatable bonds is 1. The molecule has 1 aromatic carbocycles. The van der Waals surface area contributed by atoms with Crippen molar-refractivity contribution in [2.75, 3.05) is 0 Å². The van der Waals surface area contributed by atoms with Crippen molar-refractivity contribution in [3.05, 3.63) is 32.8 Å². The van der Waals surface area contributed by atoms with Gasteiger partial charge in [0.2, 0.25) is 0 Å². The van der Waals surface area contributed by atoms with Gasteiger partial charge in [0.1, 0.15) is 0 Å². The first-order valence-electron chi connectivity index (χ1n) is 3.31. The van der Waals surface area contributed by atoms with Crippen molar-refractivity contribution in [3.8, 4) is 0 Å². The van der Waals surface area contributed by atoms with E-state index in [4.69, 9.17) is 46.4 Å². The van der Waals surface area contributed by atoms with Crippen LogP contribution in [0.25, 0.3) is 0 Å². The first-order chi connectivity index (χ1) is 5.52. The normalized spacial score (nSPS) is 13.1. The molecule has 12 heavy (non-hydrogen) atoms. The van der Waals surface area contributed by atoms with Crippen LogP contribution < -0.4 is 0 Å². The van der Waals surface area contributed by atoms with Crippen LogP contribution in [-0.4, -0.2) is 0 Å². The predicted molar refractivity (Wildman–Crippen MR) is 55.7 cm³/mol. The lowest BCUT2D eigenvalue weighted by atomic mass is 10.2. The lowest BCUT2D eigenvalue weighted by Gasteiger charge is -2.08. The summed E-state index contributed by atoms with van der Waals surface area (Å²) in [6.45, 7) is 1.81. The molecular weight excluding hydrogens is 238 g/mol. The summed E-state index contributed by atoms with van der Waals surface area (Å²) < 4.78 is 0. The number of alkyl halides is 1. The lowest BCUT2D eigenvalue weighted by molar-refractivity contribution is 1.08. The average molecular weight is 244 g/mol. The van der Waals surface area contributed by atoms with Gasteiger partial charge >= 0.3 is 0 Å². The molecule has 66 valence electrons. The minimum Gasteiger partial charge on any atom is -0.118 e. The van der Waals surface area contributed by atoms with E-state index in [0.717, 1.165) is 5.56 Å². The smallest absolute Gasteiger partial charge is 0.0586 e. The highest BCUT2D eigenvalue weighted by atomic mass is 35.5. The Morgan fingerprint density at radius 3 is 1.83 bits per heavy atom. The molecular formula is C8H6Cl4. The zero-order valence-corrected chi connectivity index (χ0v) is 9.27. The van der Waals surface area contributed by atoms with Crippen LogP contribution in [0.3, 0.4) is 0 Å². The molecule has 0 heterocycles. The van der Waals surface area contributed by atoms with Gasteiger partial charge in [0.15, 0.2) is 0 Å². The highest BCUT2D eigenvalue weighted by Crippen LogP contribution is 2.35. The van der Waals surface area contributed by atoms with Gasteiger partial charge in [-0.3, -0.25) is 0 Å². The third-order valence-corrected chi connectivity index (χ3v) is 2.50. The Morgan fingerprint density at radius 1 is 1.08 bits per heavy atom. The average Bonchev–Trinajstić information content (AvgIpc) is 1.82. The molecule has 0 saturated carbocycles. The minimum absolute atomic E-state index is 0.206. The maximum Gasteiger partial charge on any atom is 0.0586 e.